The van der Waals surface area contributed by atoms with Crippen molar-refractivity contribution in [2.45, 2.75) is 52.7 Å². The van der Waals surface area contributed by atoms with Crippen LogP contribution in [0.2, 0.25) is 0 Å². The summed E-state index contributed by atoms with van der Waals surface area (Å²) in [4.78, 5) is 27.1. The van der Waals surface area contributed by atoms with Crippen LogP contribution in [0.15, 0.2) is 35.6 Å². The fourth-order valence-electron chi connectivity index (χ4n) is 3.34. The molecule has 1 aliphatic rings. The number of carbonyl (C=O) groups excluding carboxylic acids is 2. The van der Waals surface area contributed by atoms with Crippen LogP contribution < -0.4 is 4.74 Å². The molecule has 6 nitrogen and oxygen atoms in total. The van der Waals surface area contributed by atoms with Gasteiger partial charge in [0.15, 0.2) is 11.5 Å². The largest absolute Gasteiger partial charge is 0.503 e. The van der Waals surface area contributed by atoms with Gasteiger partial charge in [-0.1, -0.05) is 26.0 Å². The first-order valence-corrected chi connectivity index (χ1v) is 9.79. The van der Waals surface area contributed by atoms with Crippen molar-refractivity contribution in [1.29, 1.82) is 0 Å². The molecule has 0 aromatic heterocycles. The van der Waals surface area contributed by atoms with E-state index in [0.717, 1.165) is 5.56 Å². The fourth-order valence-corrected chi connectivity index (χ4v) is 3.34. The molecule has 1 amide bonds. The Hall–Kier alpha value is -2.34. The highest BCUT2D eigenvalue weighted by molar-refractivity contribution is 6.09. The van der Waals surface area contributed by atoms with Crippen LogP contribution in [0.4, 0.5) is 0 Å². The van der Waals surface area contributed by atoms with Crippen molar-refractivity contribution in [2.24, 2.45) is 5.92 Å². The van der Waals surface area contributed by atoms with E-state index >= 15 is 0 Å². The minimum Gasteiger partial charge on any atom is -0.503 e. The van der Waals surface area contributed by atoms with Gasteiger partial charge in [-0.2, -0.15) is 0 Å². The number of hydrogen-bond donors (Lipinski definition) is 1. The maximum atomic E-state index is 12.8. The SMILES string of the molecule is COc1ccc(C2C(C(=O)CC(C)C)=C(O)C(=O)N2CCCOC(C)C)cc1. The Morgan fingerprint density at radius 1 is 1.18 bits per heavy atom. The molecule has 0 radical (unpaired) electrons. The van der Waals surface area contributed by atoms with E-state index in [4.69, 9.17) is 9.47 Å². The van der Waals surface area contributed by atoms with Crippen LogP contribution in [-0.2, 0) is 14.3 Å². The zero-order chi connectivity index (χ0) is 20.8. The third kappa shape index (κ3) is 5.13. The highest BCUT2D eigenvalue weighted by atomic mass is 16.5. The fraction of sp³-hybridized carbons (Fsp3) is 0.545. The number of aliphatic hydroxyl groups excluding tert-OH is 1. The van der Waals surface area contributed by atoms with E-state index in [1.165, 1.54) is 0 Å². The first-order chi connectivity index (χ1) is 13.3. The molecule has 1 aromatic carbocycles. The lowest BCUT2D eigenvalue weighted by molar-refractivity contribution is -0.129. The summed E-state index contributed by atoms with van der Waals surface area (Å²) >= 11 is 0. The van der Waals surface area contributed by atoms with Gasteiger partial charge in [0.1, 0.15) is 5.75 Å². The molecule has 1 aliphatic heterocycles. The van der Waals surface area contributed by atoms with Crippen LogP contribution in [0.5, 0.6) is 5.75 Å². The molecule has 0 bridgehead atoms. The van der Waals surface area contributed by atoms with E-state index < -0.39 is 17.7 Å². The highest BCUT2D eigenvalue weighted by Crippen LogP contribution is 2.39. The lowest BCUT2D eigenvalue weighted by Crippen LogP contribution is -2.32. The number of Topliss-reactive ketones (excluding diaryl/α,β-unsaturated/α-hetero) is 1. The quantitative estimate of drug-likeness (QED) is 0.616. The van der Waals surface area contributed by atoms with Gasteiger partial charge in [-0.3, -0.25) is 9.59 Å². The van der Waals surface area contributed by atoms with E-state index in [2.05, 4.69) is 0 Å². The smallest absolute Gasteiger partial charge is 0.290 e. The van der Waals surface area contributed by atoms with Crippen molar-refractivity contribution in [3.63, 3.8) is 0 Å². The molecule has 1 N–H and O–H groups in total. The van der Waals surface area contributed by atoms with E-state index in [-0.39, 0.29) is 29.8 Å². The standard InChI is InChI=1S/C22H31NO5/c1-14(2)13-18(24)19-20(16-7-9-17(27-5)10-8-16)23(22(26)21(19)25)11-6-12-28-15(3)4/h7-10,14-15,20,25H,6,11-13H2,1-5H3. The number of rotatable bonds is 10. The summed E-state index contributed by atoms with van der Waals surface area (Å²) in [5.74, 6) is -0.308. The molecule has 1 heterocycles. The molecular formula is C22H31NO5. The molecule has 0 saturated heterocycles. The Morgan fingerprint density at radius 2 is 1.82 bits per heavy atom. The molecule has 1 unspecified atom stereocenters. The average Bonchev–Trinajstić information content (AvgIpc) is 2.89. The molecule has 6 heteroatoms. The molecule has 1 aromatic rings. The molecule has 0 spiro atoms. The van der Waals surface area contributed by atoms with Crippen molar-refractivity contribution in [1.82, 2.24) is 4.90 Å². The van der Waals surface area contributed by atoms with Crippen molar-refractivity contribution in [2.75, 3.05) is 20.3 Å². The summed E-state index contributed by atoms with van der Waals surface area (Å²) < 4.78 is 10.8. The van der Waals surface area contributed by atoms with Crippen molar-refractivity contribution >= 4 is 11.7 Å². The van der Waals surface area contributed by atoms with Gasteiger partial charge in [0.05, 0.1) is 24.8 Å². The summed E-state index contributed by atoms with van der Waals surface area (Å²) in [6.07, 6.45) is 1.01. The maximum Gasteiger partial charge on any atom is 0.290 e. The topological polar surface area (TPSA) is 76.1 Å². The Morgan fingerprint density at radius 3 is 2.36 bits per heavy atom. The third-order valence-electron chi connectivity index (χ3n) is 4.62. The lowest BCUT2D eigenvalue weighted by Gasteiger charge is -2.27. The predicted molar refractivity (Wildman–Crippen MR) is 107 cm³/mol. The van der Waals surface area contributed by atoms with Crippen molar-refractivity contribution in [3.8, 4) is 5.75 Å². The number of methoxy groups -OCH3 is 1. The van der Waals surface area contributed by atoms with Crippen LogP contribution in [-0.4, -0.2) is 48.1 Å². The minimum atomic E-state index is -0.594. The zero-order valence-electron chi connectivity index (χ0n) is 17.4. The summed E-state index contributed by atoms with van der Waals surface area (Å²) in [5.41, 5.74) is 0.962. The second kappa shape index (κ2) is 9.73. The van der Waals surface area contributed by atoms with Gasteiger partial charge in [0, 0.05) is 19.6 Å². The molecule has 0 aliphatic carbocycles. The number of carbonyl (C=O) groups is 2. The predicted octanol–water partition coefficient (Wildman–Crippen LogP) is 3.82. The first kappa shape index (κ1) is 22.0. The molecule has 0 fully saturated rings. The molecule has 1 atom stereocenters. The lowest BCUT2D eigenvalue weighted by atomic mass is 9.92. The Labute approximate surface area is 167 Å². The molecule has 154 valence electrons. The normalized spacial score (nSPS) is 17.2. The van der Waals surface area contributed by atoms with Crippen LogP contribution in [0.1, 0.15) is 52.1 Å². The number of aliphatic hydroxyl groups is 1. The number of amides is 1. The third-order valence-corrected chi connectivity index (χ3v) is 4.62. The van der Waals surface area contributed by atoms with E-state index in [0.29, 0.717) is 25.3 Å². The van der Waals surface area contributed by atoms with Gasteiger partial charge in [0.2, 0.25) is 0 Å². The second-order valence-electron chi connectivity index (χ2n) is 7.73. The molecule has 28 heavy (non-hydrogen) atoms. The number of ether oxygens (including phenoxy) is 2. The van der Waals surface area contributed by atoms with E-state index in [1.54, 1.807) is 24.1 Å². The van der Waals surface area contributed by atoms with Crippen molar-refractivity contribution in [3.05, 3.63) is 41.2 Å². The summed E-state index contributed by atoms with van der Waals surface area (Å²) in [7, 11) is 1.58. The van der Waals surface area contributed by atoms with Crippen LogP contribution in [0, 0.1) is 5.92 Å². The van der Waals surface area contributed by atoms with Crippen LogP contribution >= 0.6 is 0 Å². The minimum absolute atomic E-state index is 0.112. The number of ketones is 1. The van der Waals surface area contributed by atoms with Crippen LogP contribution in [0.3, 0.4) is 0 Å². The summed E-state index contributed by atoms with van der Waals surface area (Å²) in [6, 6.07) is 6.65. The highest BCUT2D eigenvalue weighted by Gasteiger charge is 2.43. The van der Waals surface area contributed by atoms with Gasteiger partial charge in [-0.25, -0.2) is 0 Å². The van der Waals surface area contributed by atoms with E-state index in [1.807, 2.05) is 39.8 Å². The van der Waals surface area contributed by atoms with Gasteiger partial charge in [-0.15, -0.1) is 0 Å². The summed E-state index contributed by atoms with van der Waals surface area (Å²) in [5, 5.41) is 10.5. The number of nitrogens with zero attached hydrogens (tertiary/aromatic N) is 1. The van der Waals surface area contributed by atoms with Crippen molar-refractivity contribution < 1.29 is 24.2 Å². The first-order valence-electron chi connectivity index (χ1n) is 9.79. The van der Waals surface area contributed by atoms with Crippen LogP contribution in [0.25, 0.3) is 0 Å². The van der Waals surface area contributed by atoms with Gasteiger partial charge < -0.3 is 19.5 Å². The Kier molecular flexibility index (Phi) is 7.63. The zero-order valence-corrected chi connectivity index (χ0v) is 17.4. The molecular weight excluding hydrogens is 358 g/mol. The van der Waals surface area contributed by atoms with Gasteiger partial charge in [-0.05, 0) is 43.9 Å². The Balaban J connectivity index is 2.32. The Bertz CT molecular complexity index is 721. The van der Waals surface area contributed by atoms with E-state index in [9.17, 15) is 14.7 Å². The number of benzene rings is 1. The molecule has 2 rings (SSSR count). The summed E-state index contributed by atoms with van der Waals surface area (Å²) in [6.45, 7) is 8.69. The maximum absolute atomic E-state index is 12.8. The average molecular weight is 389 g/mol. The van der Waals surface area contributed by atoms with Gasteiger partial charge in [0.25, 0.3) is 5.91 Å². The second-order valence-corrected chi connectivity index (χ2v) is 7.73. The number of hydrogen-bond acceptors (Lipinski definition) is 5. The monoisotopic (exact) mass is 389 g/mol. The van der Waals surface area contributed by atoms with Gasteiger partial charge >= 0.3 is 0 Å². The molecule has 0 saturated carbocycles.